The number of alkyl halides is 12. The van der Waals surface area contributed by atoms with E-state index in [9.17, 15) is 52.7 Å². The SMILES string of the molecule is CCC(C)c1cc(C(OC)(C(F)(F)F)C(F)(F)F)cc(C(OCOC2CC(C)CCC2C(C)C)(C(F)(F)F)C(F)(F)F)c1. The molecule has 43 heavy (non-hydrogen) atoms. The maximum Gasteiger partial charge on any atom is 0.430 e. The highest BCUT2D eigenvalue weighted by Gasteiger charge is 2.76. The molecular formula is C28H36F12O3. The molecule has 0 aliphatic heterocycles. The van der Waals surface area contributed by atoms with E-state index in [0.29, 0.717) is 12.8 Å². The summed E-state index contributed by atoms with van der Waals surface area (Å²) in [6.45, 7) is 6.47. The zero-order valence-corrected chi connectivity index (χ0v) is 24.4. The summed E-state index contributed by atoms with van der Waals surface area (Å²) in [5, 5.41) is 0. The minimum Gasteiger partial charge on any atom is -0.357 e. The van der Waals surface area contributed by atoms with Crippen molar-refractivity contribution in [2.24, 2.45) is 17.8 Å². The highest BCUT2D eigenvalue weighted by Crippen LogP contribution is 2.57. The first-order valence-corrected chi connectivity index (χ1v) is 13.6. The Morgan fingerprint density at radius 2 is 1.21 bits per heavy atom. The van der Waals surface area contributed by atoms with Gasteiger partial charge in [0.25, 0.3) is 11.2 Å². The summed E-state index contributed by atoms with van der Waals surface area (Å²) in [4.78, 5) is 0. The second-order valence-electron chi connectivity index (χ2n) is 11.5. The molecule has 15 heteroatoms. The quantitative estimate of drug-likeness (QED) is 0.187. The van der Waals surface area contributed by atoms with Crippen LogP contribution in [0.15, 0.2) is 18.2 Å². The van der Waals surface area contributed by atoms with Gasteiger partial charge >= 0.3 is 24.7 Å². The van der Waals surface area contributed by atoms with Gasteiger partial charge in [0, 0.05) is 18.2 Å². The predicted octanol–water partition coefficient (Wildman–Crippen LogP) is 9.94. The summed E-state index contributed by atoms with van der Waals surface area (Å²) < 4.78 is 186. The van der Waals surface area contributed by atoms with Gasteiger partial charge in [0.1, 0.15) is 6.79 Å². The number of hydrogen-bond acceptors (Lipinski definition) is 3. The number of ether oxygens (including phenoxy) is 3. The molecule has 0 N–H and O–H groups in total. The third-order valence-electron chi connectivity index (χ3n) is 8.37. The van der Waals surface area contributed by atoms with Gasteiger partial charge in [-0.1, -0.05) is 53.2 Å². The fraction of sp³-hybridized carbons (Fsp3) is 0.786. The van der Waals surface area contributed by atoms with Crippen LogP contribution in [0.1, 0.15) is 82.9 Å². The van der Waals surface area contributed by atoms with Crippen molar-refractivity contribution < 1.29 is 66.9 Å². The van der Waals surface area contributed by atoms with E-state index in [4.69, 9.17) is 4.74 Å². The van der Waals surface area contributed by atoms with Gasteiger partial charge in [-0.2, -0.15) is 52.7 Å². The molecule has 0 aromatic heterocycles. The molecule has 0 bridgehead atoms. The van der Waals surface area contributed by atoms with E-state index in [-0.39, 0.29) is 43.4 Å². The molecule has 1 aromatic carbocycles. The summed E-state index contributed by atoms with van der Waals surface area (Å²) in [5.74, 6) is -1.29. The van der Waals surface area contributed by atoms with Gasteiger partial charge < -0.3 is 14.2 Å². The Kier molecular flexibility index (Phi) is 11.3. The molecule has 0 amide bonds. The van der Waals surface area contributed by atoms with E-state index in [2.05, 4.69) is 9.47 Å². The first-order valence-electron chi connectivity index (χ1n) is 13.6. The van der Waals surface area contributed by atoms with Gasteiger partial charge in [-0.3, -0.25) is 0 Å². The molecule has 0 heterocycles. The number of benzene rings is 1. The van der Waals surface area contributed by atoms with E-state index >= 15 is 0 Å². The Balaban J connectivity index is 2.86. The second kappa shape index (κ2) is 12.9. The van der Waals surface area contributed by atoms with Gasteiger partial charge in [0.2, 0.25) is 0 Å². The largest absolute Gasteiger partial charge is 0.430 e. The molecule has 1 aliphatic carbocycles. The molecule has 3 nitrogen and oxygen atoms in total. The van der Waals surface area contributed by atoms with Gasteiger partial charge in [-0.15, -0.1) is 0 Å². The second-order valence-corrected chi connectivity index (χ2v) is 11.5. The molecule has 0 saturated heterocycles. The first kappa shape index (κ1) is 37.4. The fourth-order valence-corrected chi connectivity index (χ4v) is 5.67. The Morgan fingerprint density at radius 3 is 1.60 bits per heavy atom. The number of hydrogen-bond donors (Lipinski definition) is 0. The van der Waals surface area contributed by atoms with Crippen LogP contribution in [-0.2, 0) is 25.4 Å². The van der Waals surface area contributed by atoms with Crippen LogP contribution >= 0.6 is 0 Å². The molecule has 1 aliphatic rings. The maximum absolute atomic E-state index is 14.6. The lowest BCUT2D eigenvalue weighted by molar-refractivity contribution is -0.404. The van der Waals surface area contributed by atoms with Crippen molar-refractivity contribution in [1.82, 2.24) is 0 Å². The van der Waals surface area contributed by atoms with E-state index < -0.39 is 77.5 Å². The minimum absolute atomic E-state index is 0.0119. The summed E-state index contributed by atoms with van der Waals surface area (Å²) in [7, 11) is 0.0119. The standard InChI is InChI=1S/C28H36F12O3/c1-7-17(5)18-11-19(23(41-6,25(29,30)31)26(32,33)34)13-20(12-18)24(27(35,36)37,28(38,39)40)43-14-42-22-10-16(4)8-9-21(22)15(2)3/h11-13,15-17,21-22H,7-10,14H2,1-6H3. The number of rotatable bonds is 10. The van der Waals surface area contributed by atoms with Crippen LogP contribution in [0.4, 0.5) is 52.7 Å². The Labute approximate surface area is 242 Å². The van der Waals surface area contributed by atoms with E-state index in [1.807, 2.05) is 6.92 Å². The average Bonchev–Trinajstić information content (AvgIpc) is 2.83. The normalized spacial score (nSPS) is 22.3. The van der Waals surface area contributed by atoms with Crippen molar-refractivity contribution in [3.05, 3.63) is 34.9 Å². The van der Waals surface area contributed by atoms with E-state index in [1.165, 1.54) is 13.8 Å². The highest BCUT2D eigenvalue weighted by atomic mass is 19.4. The molecule has 250 valence electrons. The van der Waals surface area contributed by atoms with E-state index in [0.717, 1.165) is 6.42 Å². The molecule has 1 aromatic rings. The topological polar surface area (TPSA) is 27.7 Å². The van der Waals surface area contributed by atoms with Gasteiger partial charge in [0.05, 0.1) is 6.10 Å². The Morgan fingerprint density at radius 1 is 0.744 bits per heavy atom. The van der Waals surface area contributed by atoms with Crippen LogP contribution in [0.3, 0.4) is 0 Å². The number of methoxy groups -OCH3 is 1. The van der Waals surface area contributed by atoms with Crippen LogP contribution in [0.2, 0.25) is 0 Å². The van der Waals surface area contributed by atoms with Crippen LogP contribution < -0.4 is 0 Å². The average molecular weight is 649 g/mol. The fourth-order valence-electron chi connectivity index (χ4n) is 5.67. The molecule has 2 rings (SSSR count). The molecule has 1 fully saturated rings. The van der Waals surface area contributed by atoms with Crippen LogP contribution in [0, 0.1) is 17.8 Å². The molecule has 1 saturated carbocycles. The first-order chi connectivity index (χ1) is 19.4. The maximum atomic E-state index is 14.6. The molecular weight excluding hydrogens is 612 g/mol. The zero-order valence-electron chi connectivity index (χ0n) is 24.4. The third kappa shape index (κ3) is 7.08. The lowest BCUT2D eigenvalue weighted by Crippen LogP contribution is -2.58. The zero-order chi connectivity index (χ0) is 33.4. The Hall–Kier alpha value is -1.74. The summed E-state index contributed by atoms with van der Waals surface area (Å²) in [6, 6.07) is 0.0785. The lowest BCUT2D eigenvalue weighted by atomic mass is 9.75. The smallest absolute Gasteiger partial charge is 0.357 e. The highest BCUT2D eigenvalue weighted by molar-refractivity contribution is 5.42. The molecule has 0 spiro atoms. The minimum atomic E-state index is -6.40. The predicted molar refractivity (Wildman–Crippen MR) is 132 cm³/mol. The van der Waals surface area contributed by atoms with Gasteiger partial charge in [-0.25, -0.2) is 0 Å². The third-order valence-corrected chi connectivity index (χ3v) is 8.37. The molecule has 4 atom stereocenters. The van der Waals surface area contributed by atoms with E-state index in [1.54, 1.807) is 13.8 Å². The summed E-state index contributed by atoms with van der Waals surface area (Å²) in [6.07, 6.45) is -24.7. The number of halogens is 12. The molecule has 4 unspecified atom stereocenters. The Bertz CT molecular complexity index is 1030. The van der Waals surface area contributed by atoms with Crippen molar-refractivity contribution in [2.75, 3.05) is 13.9 Å². The summed E-state index contributed by atoms with van der Waals surface area (Å²) >= 11 is 0. The van der Waals surface area contributed by atoms with Crippen molar-refractivity contribution in [2.45, 2.75) is 108 Å². The van der Waals surface area contributed by atoms with Crippen molar-refractivity contribution in [3.8, 4) is 0 Å². The van der Waals surface area contributed by atoms with Crippen molar-refractivity contribution in [1.29, 1.82) is 0 Å². The summed E-state index contributed by atoms with van der Waals surface area (Å²) in [5.41, 5.74) is -15.3. The van der Waals surface area contributed by atoms with Crippen molar-refractivity contribution >= 4 is 0 Å². The van der Waals surface area contributed by atoms with Gasteiger partial charge in [-0.05, 0) is 54.6 Å². The monoisotopic (exact) mass is 648 g/mol. The van der Waals surface area contributed by atoms with Gasteiger partial charge in [0.15, 0.2) is 0 Å². The van der Waals surface area contributed by atoms with Crippen molar-refractivity contribution in [3.63, 3.8) is 0 Å². The van der Waals surface area contributed by atoms with Crippen LogP contribution in [0.25, 0.3) is 0 Å². The van der Waals surface area contributed by atoms with Crippen LogP contribution in [0.5, 0.6) is 0 Å². The lowest BCUT2D eigenvalue weighted by Gasteiger charge is -2.41. The van der Waals surface area contributed by atoms with Crippen LogP contribution in [-0.4, -0.2) is 44.7 Å². The molecule has 0 radical (unpaired) electrons.